The first-order valence-electron chi connectivity index (χ1n) is 6.94. The van der Waals surface area contributed by atoms with Crippen molar-refractivity contribution in [2.24, 2.45) is 16.6 Å². The molecule has 1 saturated carbocycles. The zero-order valence-corrected chi connectivity index (χ0v) is 11.4. The molecule has 96 valence electrons. The number of rotatable bonds is 6. The third-order valence-electron chi connectivity index (χ3n) is 4.51. The van der Waals surface area contributed by atoms with Crippen LogP contribution in [0.2, 0.25) is 0 Å². The highest BCUT2D eigenvalue weighted by atomic mass is 14.9. The Hall–Kier alpha value is -0.0800. The van der Waals surface area contributed by atoms with E-state index in [1.165, 1.54) is 38.6 Å². The Kier molecular flexibility index (Phi) is 5.26. The Morgan fingerprint density at radius 3 is 2.38 bits per heavy atom. The Balaban J connectivity index is 2.28. The number of nitrogens with two attached hydrogens (primary N) is 1. The average Bonchev–Trinajstić information content (AvgIpc) is 2.29. The molecule has 16 heavy (non-hydrogen) atoms. The van der Waals surface area contributed by atoms with E-state index in [1.54, 1.807) is 0 Å². The molecule has 0 aromatic rings. The van der Waals surface area contributed by atoms with Crippen LogP contribution in [0.3, 0.4) is 0 Å². The zero-order chi connectivity index (χ0) is 12.1. The van der Waals surface area contributed by atoms with Gasteiger partial charge in [-0.3, -0.25) is 0 Å². The normalized spacial score (nSPS) is 24.0. The summed E-state index contributed by atoms with van der Waals surface area (Å²) in [5, 5.41) is 3.66. The molecule has 0 aliphatic heterocycles. The second kappa shape index (κ2) is 6.02. The summed E-state index contributed by atoms with van der Waals surface area (Å²) in [7, 11) is 0. The number of nitrogens with one attached hydrogen (secondary N) is 1. The van der Waals surface area contributed by atoms with E-state index in [-0.39, 0.29) is 5.41 Å². The Bertz CT molecular complexity index is 191. The molecule has 1 fully saturated rings. The van der Waals surface area contributed by atoms with Crippen molar-refractivity contribution in [1.29, 1.82) is 0 Å². The van der Waals surface area contributed by atoms with Gasteiger partial charge in [-0.25, -0.2) is 0 Å². The van der Waals surface area contributed by atoms with Crippen LogP contribution in [0.1, 0.15) is 59.3 Å². The first-order chi connectivity index (χ1) is 7.54. The molecule has 0 bridgehead atoms. The van der Waals surface area contributed by atoms with Crippen molar-refractivity contribution in [2.75, 3.05) is 19.6 Å². The monoisotopic (exact) mass is 226 g/mol. The molecule has 1 unspecified atom stereocenters. The van der Waals surface area contributed by atoms with Gasteiger partial charge in [-0.1, -0.05) is 40.0 Å². The standard InChI is InChI=1S/C14H30N2/c1-4-13(2,10-15)11-16-12-14(3)8-6-5-7-9-14/h16H,4-12,15H2,1-3H3. The van der Waals surface area contributed by atoms with Crippen molar-refractivity contribution in [2.45, 2.75) is 59.3 Å². The summed E-state index contributed by atoms with van der Waals surface area (Å²) in [6.45, 7) is 9.97. The third kappa shape index (κ3) is 4.06. The number of hydrogen-bond acceptors (Lipinski definition) is 2. The largest absolute Gasteiger partial charge is 0.330 e. The van der Waals surface area contributed by atoms with E-state index in [0.717, 1.165) is 19.5 Å². The lowest BCUT2D eigenvalue weighted by Gasteiger charge is -2.35. The molecule has 0 radical (unpaired) electrons. The minimum Gasteiger partial charge on any atom is -0.330 e. The molecule has 1 atom stereocenters. The van der Waals surface area contributed by atoms with Crippen molar-refractivity contribution in [3.8, 4) is 0 Å². The van der Waals surface area contributed by atoms with Gasteiger partial charge in [-0.05, 0) is 36.6 Å². The predicted octanol–water partition coefficient (Wildman–Crippen LogP) is 2.92. The van der Waals surface area contributed by atoms with Crippen LogP contribution >= 0.6 is 0 Å². The van der Waals surface area contributed by atoms with Crippen molar-refractivity contribution in [1.82, 2.24) is 5.32 Å². The molecule has 0 heterocycles. The van der Waals surface area contributed by atoms with Crippen molar-refractivity contribution in [3.05, 3.63) is 0 Å². The summed E-state index contributed by atoms with van der Waals surface area (Å²) in [6.07, 6.45) is 8.22. The summed E-state index contributed by atoms with van der Waals surface area (Å²) < 4.78 is 0. The van der Waals surface area contributed by atoms with Crippen LogP contribution in [0, 0.1) is 10.8 Å². The number of hydrogen-bond donors (Lipinski definition) is 2. The predicted molar refractivity (Wildman–Crippen MR) is 71.5 cm³/mol. The molecule has 0 spiro atoms. The molecular weight excluding hydrogens is 196 g/mol. The van der Waals surface area contributed by atoms with E-state index in [0.29, 0.717) is 5.41 Å². The fraction of sp³-hybridized carbons (Fsp3) is 1.00. The van der Waals surface area contributed by atoms with Crippen molar-refractivity contribution >= 4 is 0 Å². The van der Waals surface area contributed by atoms with Gasteiger partial charge in [-0.15, -0.1) is 0 Å². The van der Waals surface area contributed by atoms with Gasteiger partial charge < -0.3 is 11.1 Å². The molecule has 1 aliphatic rings. The van der Waals surface area contributed by atoms with Gasteiger partial charge in [0.25, 0.3) is 0 Å². The summed E-state index contributed by atoms with van der Waals surface area (Å²) in [5.41, 5.74) is 6.66. The van der Waals surface area contributed by atoms with Gasteiger partial charge in [-0.2, -0.15) is 0 Å². The van der Waals surface area contributed by atoms with Gasteiger partial charge in [0.15, 0.2) is 0 Å². The van der Waals surface area contributed by atoms with Crippen LogP contribution in [0.4, 0.5) is 0 Å². The molecule has 0 aromatic heterocycles. The van der Waals surface area contributed by atoms with Gasteiger partial charge in [0.2, 0.25) is 0 Å². The SMILES string of the molecule is CCC(C)(CN)CNCC1(C)CCCCC1. The Labute approximate surface area is 101 Å². The quantitative estimate of drug-likeness (QED) is 0.731. The Morgan fingerprint density at radius 2 is 1.88 bits per heavy atom. The highest BCUT2D eigenvalue weighted by Crippen LogP contribution is 2.35. The van der Waals surface area contributed by atoms with Crippen molar-refractivity contribution in [3.63, 3.8) is 0 Å². The smallest absolute Gasteiger partial charge is 0.00174 e. The minimum atomic E-state index is 0.283. The first kappa shape index (κ1) is 14.0. The van der Waals surface area contributed by atoms with Crippen LogP contribution < -0.4 is 11.1 Å². The average molecular weight is 226 g/mol. The lowest BCUT2D eigenvalue weighted by Crippen LogP contribution is -2.42. The molecule has 1 rings (SSSR count). The summed E-state index contributed by atoms with van der Waals surface area (Å²) >= 11 is 0. The second-order valence-electron chi connectivity index (χ2n) is 6.34. The summed E-state index contributed by atoms with van der Waals surface area (Å²) in [6, 6.07) is 0. The van der Waals surface area contributed by atoms with Gasteiger partial charge >= 0.3 is 0 Å². The zero-order valence-electron chi connectivity index (χ0n) is 11.4. The maximum Gasteiger partial charge on any atom is 0.00174 e. The summed E-state index contributed by atoms with van der Waals surface area (Å²) in [4.78, 5) is 0. The van der Waals surface area contributed by atoms with E-state index in [9.17, 15) is 0 Å². The maximum absolute atomic E-state index is 5.83. The van der Waals surface area contributed by atoms with Crippen LogP contribution in [-0.4, -0.2) is 19.6 Å². The molecule has 3 N–H and O–H groups in total. The van der Waals surface area contributed by atoms with Gasteiger partial charge in [0, 0.05) is 13.1 Å². The van der Waals surface area contributed by atoms with E-state index in [4.69, 9.17) is 5.73 Å². The van der Waals surface area contributed by atoms with Gasteiger partial charge in [0.05, 0.1) is 0 Å². The van der Waals surface area contributed by atoms with Crippen molar-refractivity contribution < 1.29 is 0 Å². The third-order valence-corrected chi connectivity index (χ3v) is 4.51. The van der Waals surface area contributed by atoms with Crippen LogP contribution in [0.15, 0.2) is 0 Å². The second-order valence-corrected chi connectivity index (χ2v) is 6.34. The fourth-order valence-corrected chi connectivity index (χ4v) is 2.59. The topological polar surface area (TPSA) is 38.0 Å². The highest BCUT2D eigenvalue weighted by Gasteiger charge is 2.27. The Morgan fingerprint density at radius 1 is 1.25 bits per heavy atom. The minimum absolute atomic E-state index is 0.283. The molecule has 2 heteroatoms. The molecule has 1 aliphatic carbocycles. The van der Waals surface area contributed by atoms with Crippen LogP contribution in [0.25, 0.3) is 0 Å². The molecule has 0 amide bonds. The van der Waals surface area contributed by atoms with Crippen LogP contribution in [0.5, 0.6) is 0 Å². The van der Waals surface area contributed by atoms with Crippen LogP contribution in [-0.2, 0) is 0 Å². The summed E-state index contributed by atoms with van der Waals surface area (Å²) in [5.74, 6) is 0. The molecule has 0 aromatic carbocycles. The van der Waals surface area contributed by atoms with Gasteiger partial charge in [0.1, 0.15) is 0 Å². The highest BCUT2D eigenvalue weighted by molar-refractivity contribution is 4.83. The fourth-order valence-electron chi connectivity index (χ4n) is 2.59. The maximum atomic E-state index is 5.83. The lowest BCUT2D eigenvalue weighted by atomic mass is 9.75. The molecule has 0 saturated heterocycles. The van der Waals surface area contributed by atoms with E-state index in [1.807, 2.05) is 0 Å². The van der Waals surface area contributed by atoms with E-state index in [2.05, 4.69) is 26.1 Å². The lowest BCUT2D eigenvalue weighted by molar-refractivity contribution is 0.193. The first-order valence-corrected chi connectivity index (χ1v) is 6.94. The molecular formula is C14H30N2. The van der Waals surface area contributed by atoms with E-state index >= 15 is 0 Å². The molecule has 2 nitrogen and oxygen atoms in total. The van der Waals surface area contributed by atoms with E-state index < -0.39 is 0 Å².